The molecule has 2 aliphatic rings. The molecule has 0 saturated heterocycles. The van der Waals surface area contributed by atoms with Gasteiger partial charge in [-0.3, -0.25) is 9.78 Å². The molecule has 31 heavy (non-hydrogen) atoms. The summed E-state index contributed by atoms with van der Waals surface area (Å²) in [6.45, 7) is 3.68. The third kappa shape index (κ3) is 3.89. The lowest BCUT2D eigenvalue weighted by molar-refractivity contribution is -0.139. The number of amides is 1. The van der Waals surface area contributed by atoms with Crippen LogP contribution in [0.25, 0.3) is 11.3 Å². The summed E-state index contributed by atoms with van der Waals surface area (Å²) in [4.78, 5) is 23.4. The first-order valence-electron chi connectivity index (χ1n) is 10.8. The highest BCUT2D eigenvalue weighted by Crippen LogP contribution is 2.31. The summed E-state index contributed by atoms with van der Waals surface area (Å²) in [6, 6.07) is 5.94. The van der Waals surface area contributed by atoms with Gasteiger partial charge in [0.25, 0.3) is 0 Å². The quantitative estimate of drug-likeness (QED) is 0.633. The van der Waals surface area contributed by atoms with Crippen LogP contribution >= 0.6 is 0 Å². The maximum Gasteiger partial charge on any atom is 0.225 e. The predicted molar refractivity (Wildman–Crippen MR) is 114 cm³/mol. The Morgan fingerprint density at radius 3 is 2.81 bits per heavy atom. The molecule has 160 valence electrons. The number of aryl methyl sites for hydroxylation is 2. The van der Waals surface area contributed by atoms with Gasteiger partial charge in [-0.1, -0.05) is 11.6 Å². The Kier molecular flexibility index (Phi) is 5.13. The lowest BCUT2D eigenvalue weighted by Crippen LogP contribution is -2.41. The minimum atomic E-state index is 0.238. The number of carbonyl (C=O) groups excluding carboxylic acids is 1. The zero-order valence-electron chi connectivity index (χ0n) is 17.9. The van der Waals surface area contributed by atoms with Gasteiger partial charge in [-0.2, -0.15) is 0 Å². The largest absolute Gasteiger partial charge is 0.471 e. The molecular weight excluding hydrogens is 392 g/mol. The number of hydrogen-bond acceptors (Lipinski definition) is 6. The van der Waals surface area contributed by atoms with E-state index in [0.29, 0.717) is 24.9 Å². The van der Waals surface area contributed by atoms with E-state index in [9.17, 15) is 4.79 Å². The number of rotatable bonds is 5. The Hall–Kier alpha value is -3.29. The monoisotopic (exact) mass is 418 g/mol. The molecule has 1 aliphatic heterocycles. The number of hydrogen-bond donors (Lipinski definition) is 0. The van der Waals surface area contributed by atoms with E-state index < -0.39 is 0 Å². The van der Waals surface area contributed by atoms with Crippen molar-refractivity contribution in [2.24, 2.45) is 13.0 Å². The molecule has 3 aromatic heterocycles. The normalized spacial score (nSPS) is 16.0. The first kappa shape index (κ1) is 19.7. The van der Waals surface area contributed by atoms with E-state index in [0.717, 1.165) is 54.0 Å². The summed E-state index contributed by atoms with van der Waals surface area (Å²) in [6.07, 6.45) is 7.74. The third-order valence-corrected chi connectivity index (χ3v) is 6.32. The molecule has 0 spiro atoms. The van der Waals surface area contributed by atoms with Gasteiger partial charge in [-0.05, 0) is 49.4 Å². The maximum absolute atomic E-state index is 12.6. The maximum atomic E-state index is 12.6. The second kappa shape index (κ2) is 8.09. The highest BCUT2D eigenvalue weighted by atomic mass is 16.5. The van der Waals surface area contributed by atoms with E-state index >= 15 is 0 Å². The van der Waals surface area contributed by atoms with Gasteiger partial charge in [0.1, 0.15) is 18.0 Å². The van der Waals surface area contributed by atoms with E-state index in [-0.39, 0.29) is 5.92 Å². The van der Waals surface area contributed by atoms with Crippen molar-refractivity contribution < 1.29 is 9.53 Å². The summed E-state index contributed by atoms with van der Waals surface area (Å²) in [5, 5.41) is 8.43. The number of nitrogens with zero attached hydrogens (tertiary/aromatic N) is 6. The van der Waals surface area contributed by atoms with Crippen LogP contribution in [0.15, 0.2) is 30.6 Å². The molecule has 1 saturated carbocycles. The van der Waals surface area contributed by atoms with Crippen LogP contribution in [0.5, 0.6) is 5.88 Å². The summed E-state index contributed by atoms with van der Waals surface area (Å²) >= 11 is 0. The van der Waals surface area contributed by atoms with Gasteiger partial charge in [0.15, 0.2) is 0 Å². The Morgan fingerprint density at radius 1 is 1.19 bits per heavy atom. The summed E-state index contributed by atoms with van der Waals surface area (Å²) in [7, 11) is 1.85. The molecule has 0 aromatic carbocycles. The van der Waals surface area contributed by atoms with Crippen molar-refractivity contribution in [1.29, 1.82) is 0 Å². The van der Waals surface area contributed by atoms with Crippen LogP contribution in [0.3, 0.4) is 0 Å². The molecule has 0 bridgehead atoms. The molecule has 0 atom stereocenters. The molecule has 1 amide bonds. The van der Waals surface area contributed by atoms with Gasteiger partial charge in [0.05, 0.1) is 0 Å². The fourth-order valence-electron chi connectivity index (χ4n) is 4.11. The second-order valence-electron chi connectivity index (χ2n) is 8.41. The molecular formula is C23H26N6O2. The van der Waals surface area contributed by atoms with Crippen LogP contribution in [0.4, 0.5) is 0 Å². The van der Waals surface area contributed by atoms with E-state index in [1.807, 2.05) is 43.3 Å². The van der Waals surface area contributed by atoms with Crippen LogP contribution in [0.2, 0.25) is 0 Å². The van der Waals surface area contributed by atoms with Gasteiger partial charge in [0, 0.05) is 55.8 Å². The molecule has 3 aromatic rings. The summed E-state index contributed by atoms with van der Waals surface area (Å²) in [5.74, 6) is 1.12. The zero-order valence-corrected chi connectivity index (χ0v) is 17.9. The molecule has 0 N–H and O–H groups in total. The van der Waals surface area contributed by atoms with Gasteiger partial charge in [-0.25, -0.2) is 9.67 Å². The first-order valence-corrected chi connectivity index (χ1v) is 10.8. The Morgan fingerprint density at radius 2 is 2.06 bits per heavy atom. The van der Waals surface area contributed by atoms with Gasteiger partial charge < -0.3 is 9.64 Å². The molecule has 0 unspecified atom stereocenters. The fourth-order valence-corrected chi connectivity index (χ4v) is 4.11. The van der Waals surface area contributed by atoms with Crippen molar-refractivity contribution in [3.05, 3.63) is 53.1 Å². The van der Waals surface area contributed by atoms with Crippen molar-refractivity contribution in [3.63, 3.8) is 0 Å². The molecule has 5 rings (SSSR count). The molecule has 1 fully saturated rings. The fraction of sp³-hybridized carbons (Fsp3) is 0.435. The van der Waals surface area contributed by atoms with E-state index in [4.69, 9.17) is 4.74 Å². The first-order chi connectivity index (χ1) is 15.1. The van der Waals surface area contributed by atoms with Crippen molar-refractivity contribution in [1.82, 2.24) is 29.9 Å². The number of carbonyl (C=O) groups is 1. The molecule has 4 heterocycles. The number of fused-ring (bicyclic) bond motifs is 1. The van der Waals surface area contributed by atoms with Gasteiger partial charge >= 0.3 is 0 Å². The minimum Gasteiger partial charge on any atom is -0.471 e. The Labute approximate surface area is 181 Å². The average Bonchev–Trinajstić information content (AvgIpc) is 3.11. The number of ether oxygens (including phenoxy) is 1. The SMILES string of the molecule is Cc1ccc(-c2nnn(C)c2COc2cc3c(cn2)CN(C(=O)C2CCC2)CC3)cn1. The predicted octanol–water partition coefficient (Wildman–Crippen LogP) is 2.84. The van der Waals surface area contributed by atoms with Crippen LogP contribution in [0, 0.1) is 12.8 Å². The standard InChI is InChI=1S/C23H26N6O2/c1-15-6-7-18(11-24-15)22-20(28(2)27-26-22)14-31-21-10-17-8-9-29(13-19(17)12-25-21)23(30)16-4-3-5-16/h6-7,10-12,16H,3-5,8-9,13-14H2,1-2H3. The van der Waals surface area contributed by atoms with Crippen molar-refractivity contribution in [2.75, 3.05) is 6.54 Å². The third-order valence-electron chi connectivity index (χ3n) is 6.32. The average molecular weight is 419 g/mol. The van der Waals surface area contributed by atoms with Crippen LogP contribution < -0.4 is 4.74 Å². The highest BCUT2D eigenvalue weighted by molar-refractivity contribution is 5.79. The van der Waals surface area contributed by atoms with Crippen molar-refractivity contribution in [2.45, 2.75) is 45.8 Å². The second-order valence-corrected chi connectivity index (χ2v) is 8.41. The van der Waals surface area contributed by atoms with Crippen LogP contribution in [0.1, 0.15) is 41.8 Å². The smallest absolute Gasteiger partial charge is 0.225 e. The van der Waals surface area contributed by atoms with E-state index in [1.165, 1.54) is 12.0 Å². The molecule has 8 heteroatoms. The van der Waals surface area contributed by atoms with Crippen LogP contribution in [-0.2, 0) is 31.4 Å². The highest BCUT2D eigenvalue weighted by Gasteiger charge is 2.31. The van der Waals surface area contributed by atoms with E-state index in [2.05, 4.69) is 20.3 Å². The topological polar surface area (TPSA) is 86.0 Å². The van der Waals surface area contributed by atoms with E-state index in [1.54, 1.807) is 10.9 Å². The van der Waals surface area contributed by atoms with Crippen molar-refractivity contribution >= 4 is 5.91 Å². The molecule has 1 aliphatic carbocycles. The number of aromatic nitrogens is 5. The summed E-state index contributed by atoms with van der Waals surface area (Å²) < 4.78 is 7.73. The lowest BCUT2D eigenvalue weighted by Gasteiger charge is -2.34. The Balaban J connectivity index is 1.28. The zero-order chi connectivity index (χ0) is 21.4. The van der Waals surface area contributed by atoms with Gasteiger partial charge in [-0.15, -0.1) is 5.10 Å². The van der Waals surface area contributed by atoms with Crippen molar-refractivity contribution in [3.8, 4) is 17.1 Å². The van der Waals surface area contributed by atoms with Crippen LogP contribution in [-0.4, -0.2) is 42.3 Å². The lowest BCUT2D eigenvalue weighted by atomic mass is 9.84. The molecule has 0 radical (unpaired) electrons. The minimum absolute atomic E-state index is 0.238. The van der Waals surface area contributed by atoms with Gasteiger partial charge in [0.2, 0.25) is 11.8 Å². The summed E-state index contributed by atoms with van der Waals surface area (Å²) in [5.41, 5.74) is 5.80. The Bertz CT molecular complexity index is 1100. The number of pyridine rings is 2. The molecule has 8 nitrogen and oxygen atoms in total.